The number of allylic oxidation sites excluding steroid dienone is 5. The van der Waals surface area contributed by atoms with E-state index in [4.69, 9.17) is 0 Å². The van der Waals surface area contributed by atoms with Gasteiger partial charge in [-0.1, -0.05) is 90.6 Å². The lowest BCUT2D eigenvalue weighted by Gasteiger charge is -2.22. The summed E-state index contributed by atoms with van der Waals surface area (Å²) < 4.78 is 0. The Balaban J connectivity index is 0. The fraction of sp³-hybridized carbons (Fsp3) is 0.400. The molecule has 1 aromatic carbocycles. The van der Waals surface area contributed by atoms with Crippen LogP contribution < -0.4 is 0 Å². The Kier molecular flexibility index (Phi) is 14.4. The highest BCUT2D eigenvalue weighted by Crippen LogP contribution is 2.45. The van der Waals surface area contributed by atoms with Crippen molar-refractivity contribution < 1.29 is 0 Å². The molecule has 0 aromatic heterocycles. The van der Waals surface area contributed by atoms with E-state index >= 15 is 0 Å². The zero-order chi connectivity index (χ0) is 19.9. The first-order valence-electron chi connectivity index (χ1n) is 9.18. The SMILES string of the molecule is C=C=CC.C=CC1=C(C)c2ccccc2C1(C)C.C=CCC.CCC. The van der Waals surface area contributed by atoms with Crippen molar-refractivity contribution in [1.29, 1.82) is 0 Å². The molecule has 1 aliphatic rings. The first kappa shape index (κ1) is 25.2. The maximum absolute atomic E-state index is 3.91. The van der Waals surface area contributed by atoms with Crippen LogP contribution in [0.15, 0.2) is 73.5 Å². The van der Waals surface area contributed by atoms with Gasteiger partial charge in [0.05, 0.1) is 0 Å². The second-order valence-electron chi connectivity index (χ2n) is 6.31. The normalized spacial score (nSPS) is 12.6. The third-order valence-corrected chi connectivity index (χ3v) is 3.78. The molecule has 0 nitrogen and oxygen atoms in total. The maximum atomic E-state index is 3.91. The molecule has 2 rings (SSSR count). The van der Waals surface area contributed by atoms with Crippen molar-refractivity contribution in [2.75, 3.05) is 0 Å². The topological polar surface area (TPSA) is 0 Å². The molecule has 1 aliphatic carbocycles. The Hall–Kier alpha value is -2.04. The minimum absolute atomic E-state index is 0.127. The first-order valence-corrected chi connectivity index (χ1v) is 9.18. The lowest BCUT2D eigenvalue weighted by molar-refractivity contribution is 0.654. The fourth-order valence-electron chi connectivity index (χ4n) is 2.52. The molecule has 0 heterocycles. The first-order chi connectivity index (χ1) is 11.8. The van der Waals surface area contributed by atoms with Crippen LogP contribution in [0.3, 0.4) is 0 Å². The van der Waals surface area contributed by atoms with Crippen LogP contribution in [0.1, 0.15) is 72.4 Å². The highest BCUT2D eigenvalue weighted by atomic mass is 14.4. The number of fused-ring (bicyclic) bond motifs is 1. The van der Waals surface area contributed by atoms with Gasteiger partial charge >= 0.3 is 0 Å². The third kappa shape index (κ3) is 8.05. The van der Waals surface area contributed by atoms with Gasteiger partial charge in [0.15, 0.2) is 0 Å². The molecule has 0 bridgehead atoms. The molecule has 0 fully saturated rings. The Morgan fingerprint density at radius 2 is 1.52 bits per heavy atom. The second kappa shape index (κ2) is 14.3. The molecule has 0 amide bonds. The average molecular weight is 339 g/mol. The summed E-state index contributed by atoms with van der Waals surface area (Å²) in [5.74, 6) is 0. The van der Waals surface area contributed by atoms with E-state index in [0.717, 1.165) is 6.42 Å². The minimum Gasteiger partial charge on any atom is -0.133 e. The van der Waals surface area contributed by atoms with Crippen LogP contribution in [0.2, 0.25) is 0 Å². The molecule has 0 N–H and O–H groups in total. The maximum Gasteiger partial charge on any atom is 0.0155 e. The summed E-state index contributed by atoms with van der Waals surface area (Å²) in [7, 11) is 0. The van der Waals surface area contributed by atoms with E-state index in [2.05, 4.69) is 91.3 Å². The molecule has 0 aliphatic heterocycles. The Morgan fingerprint density at radius 1 is 1.08 bits per heavy atom. The Labute approximate surface area is 157 Å². The van der Waals surface area contributed by atoms with Crippen LogP contribution in [-0.2, 0) is 5.41 Å². The molecular weight excluding hydrogens is 300 g/mol. The van der Waals surface area contributed by atoms with Gasteiger partial charge in [0, 0.05) is 5.41 Å². The van der Waals surface area contributed by atoms with Gasteiger partial charge in [0.1, 0.15) is 0 Å². The van der Waals surface area contributed by atoms with E-state index in [1.165, 1.54) is 28.7 Å². The summed E-state index contributed by atoms with van der Waals surface area (Å²) >= 11 is 0. The molecule has 0 spiro atoms. The largest absolute Gasteiger partial charge is 0.133 e. The highest BCUT2D eigenvalue weighted by molar-refractivity contribution is 5.80. The van der Waals surface area contributed by atoms with Crippen molar-refractivity contribution in [3.8, 4) is 0 Å². The zero-order valence-corrected chi connectivity index (χ0v) is 17.6. The van der Waals surface area contributed by atoms with Crippen LogP contribution in [0.5, 0.6) is 0 Å². The van der Waals surface area contributed by atoms with Gasteiger partial charge in [0.25, 0.3) is 0 Å². The molecule has 1 aromatic rings. The van der Waals surface area contributed by atoms with Gasteiger partial charge in [-0.25, -0.2) is 0 Å². The zero-order valence-electron chi connectivity index (χ0n) is 17.6. The van der Waals surface area contributed by atoms with E-state index in [0.29, 0.717) is 0 Å². The van der Waals surface area contributed by atoms with Crippen LogP contribution in [-0.4, -0.2) is 0 Å². The van der Waals surface area contributed by atoms with E-state index in [1.807, 2.05) is 19.1 Å². The molecule has 0 heteroatoms. The molecule has 0 saturated carbocycles. The predicted octanol–water partition coefficient (Wildman–Crippen LogP) is 8.28. The molecule has 0 atom stereocenters. The van der Waals surface area contributed by atoms with Gasteiger partial charge in [-0.3, -0.25) is 0 Å². The van der Waals surface area contributed by atoms with E-state index in [1.54, 1.807) is 6.08 Å². The fourth-order valence-corrected chi connectivity index (χ4v) is 2.52. The quantitative estimate of drug-likeness (QED) is 0.376. The van der Waals surface area contributed by atoms with Gasteiger partial charge in [-0.2, -0.15) is 0 Å². The number of hydrogen-bond acceptors (Lipinski definition) is 0. The highest BCUT2D eigenvalue weighted by Gasteiger charge is 2.33. The summed E-state index contributed by atoms with van der Waals surface area (Å²) in [6, 6.07) is 8.63. The van der Waals surface area contributed by atoms with E-state index in [-0.39, 0.29) is 5.41 Å². The van der Waals surface area contributed by atoms with Crippen molar-refractivity contribution in [2.24, 2.45) is 0 Å². The van der Waals surface area contributed by atoms with Crippen molar-refractivity contribution >= 4 is 5.57 Å². The lowest BCUT2D eigenvalue weighted by atomic mass is 9.81. The molecule has 138 valence electrons. The van der Waals surface area contributed by atoms with Crippen molar-refractivity contribution in [1.82, 2.24) is 0 Å². The van der Waals surface area contributed by atoms with Crippen molar-refractivity contribution in [3.63, 3.8) is 0 Å². The second-order valence-corrected chi connectivity index (χ2v) is 6.31. The van der Waals surface area contributed by atoms with Crippen molar-refractivity contribution in [2.45, 2.75) is 66.7 Å². The molecular formula is C25H38. The summed E-state index contributed by atoms with van der Waals surface area (Å²) in [5, 5.41) is 0. The van der Waals surface area contributed by atoms with Crippen LogP contribution in [0.25, 0.3) is 5.57 Å². The molecule has 0 saturated heterocycles. The predicted molar refractivity (Wildman–Crippen MR) is 118 cm³/mol. The smallest absolute Gasteiger partial charge is 0.0155 e. The van der Waals surface area contributed by atoms with E-state index < -0.39 is 0 Å². The van der Waals surface area contributed by atoms with Crippen LogP contribution in [0, 0.1) is 0 Å². The summed E-state index contributed by atoms with van der Waals surface area (Å²) in [6.07, 6.45) is 7.97. The van der Waals surface area contributed by atoms with Crippen molar-refractivity contribution in [3.05, 3.63) is 84.7 Å². The number of hydrogen-bond donors (Lipinski definition) is 0. The standard InChI is InChI=1S/C14H16.C4H8.C4H6.C3H8/c1-5-12-10(2)11-8-6-7-9-13(11)14(12,3)4;2*1-3-4-2;1-3-2/h5-9H,1H2,2-4H3;3H,1,4H2,2H3;4H,1H2,2H3;3H2,1-2H3. The van der Waals surface area contributed by atoms with Crippen LogP contribution in [0.4, 0.5) is 0 Å². The summed E-state index contributed by atoms with van der Waals surface area (Å²) in [6.45, 7) is 25.6. The Morgan fingerprint density at radius 3 is 1.84 bits per heavy atom. The average Bonchev–Trinajstić information content (AvgIpc) is 2.82. The third-order valence-electron chi connectivity index (χ3n) is 3.78. The van der Waals surface area contributed by atoms with Crippen LogP contribution >= 0.6 is 0 Å². The van der Waals surface area contributed by atoms with Gasteiger partial charge in [-0.05, 0) is 48.6 Å². The van der Waals surface area contributed by atoms with Gasteiger partial charge < -0.3 is 0 Å². The molecule has 0 radical (unpaired) electrons. The number of benzene rings is 1. The minimum atomic E-state index is 0.127. The lowest BCUT2D eigenvalue weighted by Crippen LogP contribution is -2.15. The van der Waals surface area contributed by atoms with Gasteiger partial charge in [-0.15, -0.1) is 12.3 Å². The summed E-state index contributed by atoms with van der Waals surface area (Å²) in [5.41, 5.74) is 8.22. The van der Waals surface area contributed by atoms with E-state index in [9.17, 15) is 0 Å². The summed E-state index contributed by atoms with van der Waals surface area (Å²) in [4.78, 5) is 0. The number of rotatable bonds is 2. The molecule has 0 unspecified atom stereocenters. The monoisotopic (exact) mass is 338 g/mol. The van der Waals surface area contributed by atoms with Gasteiger partial charge in [0.2, 0.25) is 0 Å². The Bertz CT molecular complexity index is 590. The molecule has 25 heavy (non-hydrogen) atoms.